The Kier molecular flexibility index (Phi) is 7.77. The van der Waals surface area contributed by atoms with Crippen LogP contribution in [0.25, 0.3) is 0 Å². The van der Waals surface area contributed by atoms with Gasteiger partial charge in [0.1, 0.15) is 0 Å². The van der Waals surface area contributed by atoms with Crippen LogP contribution in [0.3, 0.4) is 0 Å². The van der Waals surface area contributed by atoms with Crippen molar-refractivity contribution in [2.45, 2.75) is 25.7 Å². The molecule has 182 valence electrons. The maximum absolute atomic E-state index is 12.8. The normalized spacial score (nSPS) is 19.1. The number of likely N-dealkylation sites (N-methyl/N-ethyl adjacent to an activating group) is 1. The first-order chi connectivity index (χ1) is 16.3. The highest BCUT2D eigenvalue weighted by Crippen LogP contribution is 2.29. The molecule has 0 atom stereocenters. The molecule has 0 saturated carbocycles. The molecule has 2 aliphatic rings. The lowest BCUT2D eigenvalue weighted by molar-refractivity contribution is -0.137. The summed E-state index contributed by atoms with van der Waals surface area (Å²) in [6.45, 7) is 8.97. The minimum atomic E-state index is -4.30. The van der Waals surface area contributed by atoms with Gasteiger partial charge in [-0.2, -0.15) is 18.4 Å². The smallest absolute Gasteiger partial charge is 0.370 e. The van der Waals surface area contributed by atoms with E-state index in [4.69, 9.17) is 0 Å². The molecule has 5 nitrogen and oxygen atoms in total. The fraction of sp³-hybridized carbons (Fsp3) is 0.500. The molecule has 0 aromatic heterocycles. The van der Waals surface area contributed by atoms with Crippen molar-refractivity contribution in [3.8, 4) is 6.07 Å². The van der Waals surface area contributed by atoms with E-state index in [9.17, 15) is 18.4 Å². The number of nitriles is 1. The van der Waals surface area contributed by atoms with E-state index in [0.29, 0.717) is 6.54 Å². The van der Waals surface area contributed by atoms with Crippen molar-refractivity contribution in [2.24, 2.45) is 0 Å². The van der Waals surface area contributed by atoms with Crippen molar-refractivity contribution in [3.05, 3.63) is 64.7 Å². The van der Waals surface area contributed by atoms with Crippen LogP contribution in [-0.4, -0.2) is 74.1 Å². The number of benzene rings is 2. The molecule has 2 fully saturated rings. The van der Waals surface area contributed by atoms with Gasteiger partial charge >= 0.3 is 6.18 Å². The second-order valence-electron chi connectivity index (χ2n) is 9.34. The van der Waals surface area contributed by atoms with Crippen LogP contribution < -0.4 is 4.90 Å². The predicted octanol–water partition coefficient (Wildman–Crippen LogP) is 4.04. The first-order valence-corrected chi connectivity index (χ1v) is 11.9. The highest BCUT2D eigenvalue weighted by Gasteiger charge is 2.30. The Morgan fingerprint density at radius 1 is 0.824 bits per heavy atom. The van der Waals surface area contributed by atoms with E-state index in [1.165, 1.54) is 5.69 Å². The summed E-state index contributed by atoms with van der Waals surface area (Å²) in [5.74, 6) is 0. The van der Waals surface area contributed by atoms with Gasteiger partial charge in [0.15, 0.2) is 0 Å². The molecule has 0 amide bonds. The lowest BCUT2D eigenvalue weighted by atomic mass is 10.1. The lowest BCUT2D eigenvalue weighted by Crippen LogP contribution is -2.45. The highest BCUT2D eigenvalue weighted by atomic mass is 19.4. The quantitative estimate of drug-likeness (QED) is 0.658. The number of nitrogens with zero attached hydrogens (tertiary/aromatic N) is 5. The van der Waals surface area contributed by atoms with Crippen molar-refractivity contribution < 1.29 is 13.2 Å². The second-order valence-corrected chi connectivity index (χ2v) is 9.34. The van der Waals surface area contributed by atoms with Gasteiger partial charge in [0.2, 0.25) is 0 Å². The van der Waals surface area contributed by atoms with Crippen LogP contribution in [-0.2, 0) is 19.3 Å². The van der Waals surface area contributed by atoms with Crippen LogP contribution in [0.4, 0.5) is 18.9 Å². The number of piperazine rings is 1. The molecule has 0 spiro atoms. The topological polar surface area (TPSA) is 36.8 Å². The third-order valence-electron chi connectivity index (χ3n) is 6.84. The minimum Gasteiger partial charge on any atom is -0.370 e. The SMILES string of the molecule is CN1CCCN(c2ccc(C#N)c(CN3CCN(Cc4ccc(C(F)(F)F)cc4)CC3)c2)CC1. The molecular weight excluding hydrogens is 439 g/mol. The monoisotopic (exact) mass is 471 g/mol. The molecule has 4 rings (SSSR count). The van der Waals surface area contributed by atoms with Crippen molar-refractivity contribution in [1.29, 1.82) is 5.26 Å². The maximum Gasteiger partial charge on any atom is 0.416 e. The fourth-order valence-corrected chi connectivity index (χ4v) is 4.73. The van der Waals surface area contributed by atoms with Crippen LogP contribution >= 0.6 is 0 Å². The van der Waals surface area contributed by atoms with E-state index in [0.717, 1.165) is 94.1 Å². The Bertz CT molecular complexity index is 991. The highest BCUT2D eigenvalue weighted by molar-refractivity contribution is 5.54. The average molecular weight is 472 g/mol. The zero-order valence-corrected chi connectivity index (χ0v) is 19.7. The van der Waals surface area contributed by atoms with Gasteiger partial charge in [-0.1, -0.05) is 12.1 Å². The number of alkyl halides is 3. The summed E-state index contributed by atoms with van der Waals surface area (Å²) in [4.78, 5) is 9.40. The van der Waals surface area contributed by atoms with Crippen LogP contribution in [0.15, 0.2) is 42.5 Å². The second kappa shape index (κ2) is 10.8. The first-order valence-electron chi connectivity index (χ1n) is 11.9. The number of hydrogen-bond donors (Lipinski definition) is 0. The lowest BCUT2D eigenvalue weighted by Gasteiger charge is -2.35. The number of rotatable bonds is 5. The number of anilines is 1. The minimum absolute atomic E-state index is 0.608. The van der Waals surface area contributed by atoms with Gasteiger partial charge in [-0.3, -0.25) is 9.80 Å². The third-order valence-corrected chi connectivity index (χ3v) is 6.84. The van der Waals surface area contributed by atoms with Gasteiger partial charge in [0.05, 0.1) is 17.2 Å². The third kappa shape index (κ3) is 6.29. The van der Waals surface area contributed by atoms with Crippen molar-refractivity contribution in [2.75, 3.05) is 64.3 Å². The van der Waals surface area contributed by atoms with E-state index >= 15 is 0 Å². The molecule has 0 unspecified atom stereocenters. The molecule has 0 bridgehead atoms. The van der Waals surface area contributed by atoms with Crippen LogP contribution in [0.2, 0.25) is 0 Å². The van der Waals surface area contributed by atoms with Gasteiger partial charge < -0.3 is 9.80 Å². The standard InChI is InChI=1S/C26H32F3N5/c1-31-9-2-10-34(16-11-31)25-8-5-22(18-30)23(17-25)20-33-14-12-32(13-15-33)19-21-3-6-24(7-4-21)26(27,28)29/h3-8,17H,2,9-16,19-20H2,1H3. The molecule has 0 aliphatic carbocycles. The predicted molar refractivity (Wildman–Crippen MR) is 127 cm³/mol. The molecule has 2 heterocycles. The Morgan fingerprint density at radius 2 is 1.50 bits per heavy atom. The molecular formula is C26H32F3N5. The van der Waals surface area contributed by atoms with Crippen molar-refractivity contribution >= 4 is 5.69 Å². The molecule has 2 saturated heterocycles. The first kappa shape index (κ1) is 24.5. The summed E-state index contributed by atoms with van der Waals surface area (Å²) in [7, 11) is 2.16. The van der Waals surface area contributed by atoms with E-state index in [-0.39, 0.29) is 0 Å². The Balaban J connectivity index is 1.34. The molecule has 2 aliphatic heterocycles. The maximum atomic E-state index is 12.8. The van der Waals surface area contributed by atoms with Crippen LogP contribution in [0.1, 0.15) is 28.7 Å². The van der Waals surface area contributed by atoms with Gasteiger partial charge in [-0.15, -0.1) is 0 Å². The molecule has 34 heavy (non-hydrogen) atoms. The summed E-state index contributed by atoms with van der Waals surface area (Å²) in [6.07, 6.45) is -3.17. The van der Waals surface area contributed by atoms with Gasteiger partial charge in [0.25, 0.3) is 0 Å². The Labute approximate surface area is 200 Å². The number of halogens is 3. The van der Waals surface area contributed by atoms with E-state index < -0.39 is 11.7 Å². The number of hydrogen-bond acceptors (Lipinski definition) is 5. The van der Waals surface area contributed by atoms with Gasteiger partial charge in [-0.05, 0) is 61.5 Å². The Morgan fingerprint density at radius 3 is 2.15 bits per heavy atom. The summed E-state index contributed by atoms with van der Waals surface area (Å²) in [6, 6.07) is 14.0. The summed E-state index contributed by atoms with van der Waals surface area (Å²) in [5.41, 5.74) is 3.26. The summed E-state index contributed by atoms with van der Waals surface area (Å²) >= 11 is 0. The van der Waals surface area contributed by atoms with E-state index in [2.05, 4.69) is 44.8 Å². The van der Waals surface area contributed by atoms with Gasteiger partial charge in [0, 0.05) is 64.6 Å². The van der Waals surface area contributed by atoms with Crippen molar-refractivity contribution in [3.63, 3.8) is 0 Å². The van der Waals surface area contributed by atoms with Crippen LogP contribution in [0, 0.1) is 11.3 Å². The Hall–Kier alpha value is -2.60. The molecule has 8 heteroatoms. The van der Waals surface area contributed by atoms with Crippen LogP contribution in [0.5, 0.6) is 0 Å². The fourth-order valence-electron chi connectivity index (χ4n) is 4.73. The molecule has 2 aromatic carbocycles. The zero-order chi connectivity index (χ0) is 24.1. The van der Waals surface area contributed by atoms with E-state index in [1.54, 1.807) is 12.1 Å². The van der Waals surface area contributed by atoms with Crippen molar-refractivity contribution in [1.82, 2.24) is 14.7 Å². The molecule has 2 aromatic rings. The summed E-state index contributed by atoms with van der Waals surface area (Å²) in [5, 5.41) is 9.64. The van der Waals surface area contributed by atoms with E-state index in [1.807, 2.05) is 6.07 Å². The average Bonchev–Trinajstić information content (AvgIpc) is 3.04. The van der Waals surface area contributed by atoms with Gasteiger partial charge in [-0.25, -0.2) is 0 Å². The molecule has 0 radical (unpaired) electrons. The largest absolute Gasteiger partial charge is 0.416 e. The zero-order valence-electron chi connectivity index (χ0n) is 19.7. The molecule has 0 N–H and O–H groups in total. The summed E-state index contributed by atoms with van der Waals surface area (Å²) < 4.78 is 38.3.